The van der Waals surface area contributed by atoms with Gasteiger partial charge in [0.05, 0.1) is 0 Å². The van der Waals surface area contributed by atoms with Crippen LogP contribution in [0.3, 0.4) is 0 Å². The van der Waals surface area contributed by atoms with Crippen molar-refractivity contribution in [2.75, 3.05) is 24.4 Å². The van der Waals surface area contributed by atoms with Gasteiger partial charge >= 0.3 is 0 Å². The van der Waals surface area contributed by atoms with Crippen molar-refractivity contribution in [1.29, 1.82) is 0 Å². The van der Waals surface area contributed by atoms with Crippen LogP contribution in [0.25, 0.3) is 0 Å². The Labute approximate surface area is 144 Å². The minimum Gasteiger partial charge on any atom is -0.243 e. The summed E-state index contributed by atoms with van der Waals surface area (Å²) in [6, 6.07) is 5.65. The molecule has 1 saturated heterocycles. The van der Waals surface area contributed by atoms with Crippen LogP contribution in [0.2, 0.25) is 0 Å². The molecule has 130 valence electrons. The molecule has 2 heterocycles. The maximum absolute atomic E-state index is 12.9. The van der Waals surface area contributed by atoms with Gasteiger partial charge in [-0.3, -0.25) is 0 Å². The smallest absolute Gasteiger partial charge is 0.243 e. The van der Waals surface area contributed by atoms with E-state index in [-0.39, 0.29) is 14.9 Å². The first-order valence-corrected chi connectivity index (χ1v) is 11.0. The lowest BCUT2D eigenvalue weighted by atomic mass is 10.4. The highest BCUT2D eigenvalue weighted by Crippen LogP contribution is 2.30. The van der Waals surface area contributed by atoms with Crippen LogP contribution in [0, 0.1) is 0 Å². The second kappa shape index (κ2) is 6.39. The molecule has 1 fully saturated rings. The van der Waals surface area contributed by atoms with E-state index in [0.717, 1.165) is 28.5 Å². The quantitative estimate of drug-likeness (QED) is 0.762. The van der Waals surface area contributed by atoms with Crippen molar-refractivity contribution in [3.8, 4) is 0 Å². The van der Waals surface area contributed by atoms with Crippen molar-refractivity contribution in [3.63, 3.8) is 0 Å². The molecule has 2 aromatic rings. The van der Waals surface area contributed by atoms with Crippen LogP contribution >= 0.6 is 11.3 Å². The van der Waals surface area contributed by atoms with Crippen molar-refractivity contribution in [1.82, 2.24) is 14.5 Å². The van der Waals surface area contributed by atoms with Gasteiger partial charge in [0.25, 0.3) is 10.0 Å². The largest absolute Gasteiger partial charge is 0.267 e. The molecule has 1 aliphatic rings. The van der Waals surface area contributed by atoms with Crippen LogP contribution in [0.4, 0.5) is 5.13 Å². The van der Waals surface area contributed by atoms with Gasteiger partial charge in [0.2, 0.25) is 15.2 Å². The fourth-order valence-electron chi connectivity index (χ4n) is 2.50. The Kier molecular flexibility index (Phi) is 4.60. The number of benzene rings is 1. The Balaban J connectivity index is 2.10. The summed E-state index contributed by atoms with van der Waals surface area (Å²) < 4.78 is 53.7. The zero-order valence-corrected chi connectivity index (χ0v) is 15.3. The summed E-state index contributed by atoms with van der Waals surface area (Å²) in [5.41, 5.74) is 1.41. The first kappa shape index (κ1) is 17.3. The van der Waals surface area contributed by atoms with Gasteiger partial charge in [-0.15, -0.1) is 10.2 Å². The van der Waals surface area contributed by atoms with E-state index >= 15 is 0 Å². The van der Waals surface area contributed by atoms with E-state index in [1.807, 2.05) is 0 Å². The van der Waals surface area contributed by atoms with E-state index in [2.05, 4.69) is 10.2 Å². The van der Waals surface area contributed by atoms with Gasteiger partial charge in [0.1, 0.15) is 15.3 Å². The minimum absolute atomic E-state index is 0.170. The average Bonchev–Trinajstić information content (AvgIpc) is 3.27. The molecule has 11 heteroatoms. The zero-order valence-electron chi connectivity index (χ0n) is 12.9. The van der Waals surface area contributed by atoms with Gasteiger partial charge in [-0.1, -0.05) is 23.5 Å². The number of aromatic nitrogens is 2. The van der Waals surface area contributed by atoms with Crippen molar-refractivity contribution in [3.05, 3.63) is 29.8 Å². The fourth-order valence-corrected chi connectivity index (χ4v) is 6.69. The molecule has 0 radical (unpaired) electrons. The summed E-state index contributed by atoms with van der Waals surface area (Å²) in [6.07, 6.45) is 1.55. The van der Waals surface area contributed by atoms with E-state index in [1.165, 1.54) is 41.1 Å². The van der Waals surface area contributed by atoms with Gasteiger partial charge in [-0.2, -0.15) is 4.31 Å². The summed E-state index contributed by atoms with van der Waals surface area (Å²) >= 11 is 1.06. The molecule has 0 aliphatic carbocycles. The van der Waals surface area contributed by atoms with Gasteiger partial charge in [0.15, 0.2) is 0 Å². The molecule has 0 bridgehead atoms. The predicted octanol–water partition coefficient (Wildman–Crippen LogP) is 1.15. The SMILES string of the molecule is CN(c1nncs1)S(=O)(=O)c1ccccc1S(=O)(=O)N1CCCC1. The van der Waals surface area contributed by atoms with E-state index in [1.54, 1.807) is 0 Å². The van der Waals surface area contributed by atoms with Crippen LogP contribution in [0.5, 0.6) is 0 Å². The van der Waals surface area contributed by atoms with E-state index < -0.39 is 20.0 Å². The van der Waals surface area contributed by atoms with Crippen molar-refractivity contribution in [2.24, 2.45) is 0 Å². The van der Waals surface area contributed by atoms with Gasteiger partial charge in [-0.25, -0.2) is 21.1 Å². The first-order valence-electron chi connectivity index (χ1n) is 7.19. The number of hydrogen-bond acceptors (Lipinski definition) is 7. The third kappa shape index (κ3) is 2.92. The molecule has 3 rings (SSSR count). The molecule has 0 saturated carbocycles. The average molecular weight is 388 g/mol. The summed E-state index contributed by atoms with van der Waals surface area (Å²) in [5.74, 6) is 0. The van der Waals surface area contributed by atoms with Gasteiger partial charge < -0.3 is 0 Å². The van der Waals surface area contributed by atoms with Crippen molar-refractivity contribution < 1.29 is 16.8 Å². The summed E-state index contributed by atoms with van der Waals surface area (Å²) in [7, 11) is -6.60. The summed E-state index contributed by atoms with van der Waals surface area (Å²) in [4.78, 5) is -0.460. The molecule has 1 aliphatic heterocycles. The monoisotopic (exact) mass is 388 g/mol. The number of hydrogen-bond donors (Lipinski definition) is 0. The van der Waals surface area contributed by atoms with Crippen LogP contribution < -0.4 is 4.31 Å². The number of rotatable bonds is 5. The second-order valence-electron chi connectivity index (χ2n) is 5.25. The number of nitrogens with zero attached hydrogens (tertiary/aromatic N) is 4. The fraction of sp³-hybridized carbons (Fsp3) is 0.385. The molecule has 0 unspecified atom stereocenters. The first-order chi connectivity index (χ1) is 11.3. The summed E-state index contributed by atoms with van der Waals surface area (Å²) in [6.45, 7) is 0.811. The Morgan fingerprint density at radius 2 is 1.71 bits per heavy atom. The van der Waals surface area contributed by atoms with Gasteiger partial charge in [-0.05, 0) is 25.0 Å². The Hall–Kier alpha value is -1.56. The topological polar surface area (TPSA) is 101 Å². The van der Waals surface area contributed by atoms with E-state index in [4.69, 9.17) is 0 Å². The Morgan fingerprint density at radius 1 is 1.08 bits per heavy atom. The molecule has 8 nitrogen and oxygen atoms in total. The third-order valence-electron chi connectivity index (χ3n) is 3.79. The standard InChI is InChI=1S/C13H16N4O4S3/c1-16(13-15-14-10-22-13)23(18,19)11-6-2-3-7-12(11)24(20,21)17-8-4-5-9-17/h2-3,6-7,10H,4-5,8-9H2,1H3. The highest BCUT2D eigenvalue weighted by molar-refractivity contribution is 7.94. The Morgan fingerprint density at radius 3 is 2.29 bits per heavy atom. The maximum atomic E-state index is 12.9. The van der Waals surface area contributed by atoms with Crippen LogP contribution in [-0.4, -0.2) is 51.5 Å². The third-order valence-corrected chi connectivity index (χ3v) is 8.56. The highest BCUT2D eigenvalue weighted by atomic mass is 32.2. The minimum atomic E-state index is -4.07. The van der Waals surface area contributed by atoms with Gasteiger partial charge in [0, 0.05) is 20.1 Å². The maximum Gasteiger partial charge on any atom is 0.267 e. The molecule has 1 aromatic carbocycles. The molecule has 0 spiro atoms. The molecule has 24 heavy (non-hydrogen) atoms. The molecule has 1 aromatic heterocycles. The lowest BCUT2D eigenvalue weighted by molar-refractivity contribution is 0.475. The molecular formula is C13H16N4O4S3. The number of sulfonamides is 2. The lowest BCUT2D eigenvalue weighted by Gasteiger charge is -2.21. The van der Waals surface area contributed by atoms with E-state index in [0.29, 0.717) is 13.1 Å². The van der Waals surface area contributed by atoms with Crippen LogP contribution in [0.1, 0.15) is 12.8 Å². The predicted molar refractivity (Wildman–Crippen MR) is 89.9 cm³/mol. The van der Waals surface area contributed by atoms with Crippen molar-refractivity contribution >= 4 is 36.5 Å². The molecule has 0 atom stereocenters. The van der Waals surface area contributed by atoms with E-state index in [9.17, 15) is 16.8 Å². The van der Waals surface area contributed by atoms with Crippen LogP contribution in [-0.2, 0) is 20.0 Å². The van der Waals surface area contributed by atoms with Crippen molar-refractivity contribution in [2.45, 2.75) is 22.6 Å². The molecule has 0 N–H and O–H groups in total. The lowest BCUT2D eigenvalue weighted by Crippen LogP contribution is -2.32. The highest BCUT2D eigenvalue weighted by Gasteiger charge is 2.34. The Bertz CT molecular complexity index is 920. The zero-order chi connectivity index (χ0) is 17.4. The van der Waals surface area contributed by atoms with Crippen LogP contribution in [0.15, 0.2) is 39.6 Å². The summed E-state index contributed by atoms with van der Waals surface area (Å²) in [5, 5.41) is 7.52. The molecule has 0 amide bonds. The number of anilines is 1. The molecular weight excluding hydrogens is 372 g/mol. The normalized spacial score (nSPS) is 16.4. The second-order valence-corrected chi connectivity index (χ2v) is 9.91.